The molecule has 0 radical (unpaired) electrons. The van der Waals surface area contributed by atoms with Crippen molar-refractivity contribution >= 4 is 5.84 Å². The number of pyridine rings is 2. The molecule has 1 unspecified atom stereocenters. The number of hydrogen-bond donors (Lipinski definition) is 1. The largest absolute Gasteiger partial charge is 0.494 e. The Labute approximate surface area is 179 Å². The zero-order valence-electron chi connectivity index (χ0n) is 16.8. The molecule has 2 aromatic heterocycles. The summed E-state index contributed by atoms with van der Waals surface area (Å²) in [6.45, 7) is 0. The maximum Gasteiger partial charge on any atom is 0.172 e. The topological polar surface area (TPSA) is 73.4 Å². The first-order valence-corrected chi connectivity index (χ1v) is 9.80. The van der Waals surface area contributed by atoms with E-state index < -0.39 is 11.4 Å². The number of hydrogen-bond acceptors (Lipinski definition) is 5. The summed E-state index contributed by atoms with van der Waals surface area (Å²) in [6.07, 6.45) is 5.17. The van der Waals surface area contributed by atoms with Crippen LogP contribution in [0.1, 0.15) is 22.4 Å². The molecular weight excluding hydrogens is 391 g/mol. The van der Waals surface area contributed by atoms with Gasteiger partial charge in [0.15, 0.2) is 17.1 Å². The van der Waals surface area contributed by atoms with E-state index in [0.717, 1.165) is 22.4 Å². The SMILES string of the molecule is COc1cccc(-c2cccc(C3(c4ccncc4)N=C(N)c4cccnc43)c2)c1F. The number of methoxy groups -OCH3 is 1. The van der Waals surface area contributed by atoms with Gasteiger partial charge in [-0.15, -0.1) is 0 Å². The predicted octanol–water partition coefficient (Wildman–Crippen LogP) is 4.30. The number of aliphatic imine (C=N–C) groups is 1. The lowest BCUT2D eigenvalue weighted by Crippen LogP contribution is -2.26. The number of aromatic nitrogens is 2. The molecule has 5 rings (SSSR count). The Morgan fingerprint density at radius 2 is 1.65 bits per heavy atom. The fraction of sp³-hybridized carbons (Fsp3) is 0.0800. The molecule has 1 atom stereocenters. The molecule has 0 bridgehead atoms. The van der Waals surface area contributed by atoms with E-state index in [-0.39, 0.29) is 5.75 Å². The Hall–Kier alpha value is -4.06. The summed E-state index contributed by atoms with van der Waals surface area (Å²) < 4.78 is 20.2. The van der Waals surface area contributed by atoms with Crippen molar-refractivity contribution in [3.8, 4) is 16.9 Å². The predicted molar refractivity (Wildman–Crippen MR) is 117 cm³/mol. The number of nitrogens with two attached hydrogens (primary N) is 1. The second-order valence-electron chi connectivity index (χ2n) is 7.25. The summed E-state index contributed by atoms with van der Waals surface area (Å²) in [5, 5.41) is 0. The third-order valence-electron chi connectivity index (χ3n) is 5.59. The Morgan fingerprint density at radius 3 is 2.45 bits per heavy atom. The van der Waals surface area contributed by atoms with Crippen LogP contribution in [0, 0.1) is 5.82 Å². The highest BCUT2D eigenvalue weighted by Gasteiger charge is 2.44. The van der Waals surface area contributed by atoms with Crippen molar-refractivity contribution in [2.24, 2.45) is 10.7 Å². The van der Waals surface area contributed by atoms with Gasteiger partial charge in [0.1, 0.15) is 5.84 Å². The summed E-state index contributed by atoms with van der Waals surface area (Å²) in [7, 11) is 1.45. The molecule has 3 heterocycles. The van der Waals surface area contributed by atoms with Crippen LogP contribution in [0.25, 0.3) is 11.1 Å². The smallest absolute Gasteiger partial charge is 0.172 e. The number of amidine groups is 1. The standard InChI is InChI=1S/C25H19FN4O/c1-31-21-9-3-7-19(22(21)26)16-5-2-6-18(15-16)25(17-10-13-28-14-11-17)23-20(24(27)30-25)8-4-12-29-23/h2-15H,1H3,(H2,27,30). The van der Waals surface area contributed by atoms with Crippen molar-refractivity contribution in [1.82, 2.24) is 9.97 Å². The molecule has 152 valence electrons. The average molecular weight is 410 g/mol. The van der Waals surface area contributed by atoms with Crippen LogP contribution < -0.4 is 10.5 Å². The molecule has 31 heavy (non-hydrogen) atoms. The van der Waals surface area contributed by atoms with Gasteiger partial charge in [0.2, 0.25) is 0 Å². The highest BCUT2D eigenvalue weighted by Crippen LogP contribution is 2.45. The van der Waals surface area contributed by atoms with Gasteiger partial charge in [0.05, 0.1) is 12.8 Å². The van der Waals surface area contributed by atoms with E-state index in [1.54, 1.807) is 36.8 Å². The zero-order chi connectivity index (χ0) is 21.4. The number of nitrogens with zero attached hydrogens (tertiary/aromatic N) is 3. The van der Waals surface area contributed by atoms with Gasteiger partial charge < -0.3 is 10.5 Å². The van der Waals surface area contributed by atoms with Crippen LogP contribution in [0.2, 0.25) is 0 Å². The molecule has 0 spiro atoms. The van der Waals surface area contributed by atoms with E-state index in [1.807, 2.05) is 48.5 Å². The van der Waals surface area contributed by atoms with Gasteiger partial charge in [-0.3, -0.25) is 9.97 Å². The summed E-state index contributed by atoms with van der Waals surface area (Å²) >= 11 is 0. The quantitative estimate of drug-likeness (QED) is 0.544. The first-order valence-electron chi connectivity index (χ1n) is 9.80. The van der Waals surface area contributed by atoms with Crippen molar-refractivity contribution in [2.45, 2.75) is 5.54 Å². The maximum atomic E-state index is 15.0. The molecular formula is C25H19FN4O. The first kappa shape index (κ1) is 18.9. The lowest BCUT2D eigenvalue weighted by Gasteiger charge is -2.28. The minimum absolute atomic E-state index is 0.196. The number of rotatable bonds is 4. The van der Waals surface area contributed by atoms with E-state index in [1.165, 1.54) is 7.11 Å². The van der Waals surface area contributed by atoms with Crippen LogP contribution in [-0.4, -0.2) is 22.9 Å². The minimum atomic E-state index is -0.949. The van der Waals surface area contributed by atoms with Crippen LogP contribution in [0.4, 0.5) is 4.39 Å². The van der Waals surface area contributed by atoms with Crippen molar-refractivity contribution in [3.63, 3.8) is 0 Å². The van der Waals surface area contributed by atoms with Crippen LogP contribution in [0.5, 0.6) is 5.75 Å². The molecule has 6 heteroatoms. The summed E-state index contributed by atoms with van der Waals surface area (Å²) in [4.78, 5) is 13.7. The maximum absolute atomic E-state index is 15.0. The van der Waals surface area contributed by atoms with Crippen LogP contribution >= 0.6 is 0 Å². The fourth-order valence-electron chi connectivity index (χ4n) is 4.16. The second kappa shape index (κ2) is 7.32. The Balaban J connectivity index is 1.77. The Morgan fingerprint density at radius 1 is 0.871 bits per heavy atom. The van der Waals surface area contributed by atoms with Crippen LogP contribution in [0.3, 0.4) is 0 Å². The monoisotopic (exact) mass is 410 g/mol. The van der Waals surface area contributed by atoms with Crippen molar-refractivity contribution in [1.29, 1.82) is 0 Å². The van der Waals surface area contributed by atoms with E-state index in [0.29, 0.717) is 17.0 Å². The molecule has 1 aliphatic heterocycles. The zero-order valence-corrected chi connectivity index (χ0v) is 16.8. The van der Waals surface area contributed by atoms with Gasteiger partial charge >= 0.3 is 0 Å². The molecule has 0 saturated carbocycles. The third kappa shape index (κ3) is 2.87. The average Bonchev–Trinajstić information content (AvgIpc) is 3.13. The second-order valence-corrected chi connectivity index (χ2v) is 7.25. The molecule has 0 amide bonds. The van der Waals surface area contributed by atoms with Crippen molar-refractivity contribution in [2.75, 3.05) is 7.11 Å². The van der Waals surface area contributed by atoms with E-state index in [2.05, 4.69) is 9.97 Å². The molecule has 4 aromatic rings. The van der Waals surface area contributed by atoms with Gasteiger partial charge in [-0.05, 0) is 53.1 Å². The number of benzene rings is 2. The van der Waals surface area contributed by atoms with Crippen molar-refractivity contribution in [3.05, 3.63) is 114 Å². The van der Waals surface area contributed by atoms with Crippen LogP contribution in [0.15, 0.2) is 90.3 Å². The Bertz CT molecular complexity index is 1310. The summed E-state index contributed by atoms with van der Waals surface area (Å²) in [6, 6.07) is 20.3. The molecule has 2 aromatic carbocycles. The highest BCUT2D eigenvalue weighted by atomic mass is 19.1. The van der Waals surface area contributed by atoms with Gasteiger partial charge in [0, 0.05) is 29.7 Å². The first-order chi connectivity index (χ1) is 15.1. The normalized spacial score (nSPS) is 17.2. The number of ether oxygens (including phenoxy) is 1. The molecule has 5 nitrogen and oxygen atoms in total. The van der Waals surface area contributed by atoms with E-state index in [4.69, 9.17) is 15.5 Å². The Kier molecular flexibility index (Phi) is 4.47. The lowest BCUT2D eigenvalue weighted by atomic mass is 9.80. The minimum Gasteiger partial charge on any atom is -0.494 e. The van der Waals surface area contributed by atoms with Crippen molar-refractivity contribution < 1.29 is 9.13 Å². The van der Waals surface area contributed by atoms with E-state index in [9.17, 15) is 4.39 Å². The number of fused-ring (bicyclic) bond motifs is 1. The summed E-state index contributed by atoms with van der Waals surface area (Å²) in [5.74, 6) is 0.202. The molecule has 0 aliphatic carbocycles. The van der Waals surface area contributed by atoms with Gasteiger partial charge in [-0.2, -0.15) is 0 Å². The summed E-state index contributed by atoms with van der Waals surface area (Å²) in [5.41, 5.74) is 9.77. The van der Waals surface area contributed by atoms with Gasteiger partial charge in [-0.1, -0.05) is 30.3 Å². The third-order valence-corrected chi connectivity index (χ3v) is 5.59. The molecule has 0 saturated heterocycles. The lowest BCUT2D eigenvalue weighted by molar-refractivity contribution is 0.387. The number of halogens is 1. The van der Waals surface area contributed by atoms with Gasteiger partial charge in [0.25, 0.3) is 0 Å². The molecule has 2 N–H and O–H groups in total. The van der Waals surface area contributed by atoms with Gasteiger partial charge in [-0.25, -0.2) is 9.38 Å². The van der Waals surface area contributed by atoms with E-state index >= 15 is 0 Å². The molecule has 1 aliphatic rings. The fourth-order valence-corrected chi connectivity index (χ4v) is 4.16. The molecule has 0 fully saturated rings. The highest BCUT2D eigenvalue weighted by molar-refractivity contribution is 6.02. The van der Waals surface area contributed by atoms with Crippen LogP contribution in [-0.2, 0) is 5.54 Å².